The van der Waals surface area contributed by atoms with E-state index >= 15 is 0 Å². The number of rotatable bonds is 4. The van der Waals surface area contributed by atoms with Gasteiger partial charge in [0.1, 0.15) is 11.6 Å². The topological polar surface area (TPSA) is 63.9 Å². The molecule has 0 saturated carbocycles. The fraction of sp³-hybridized carbons (Fsp3) is 0.400. The van der Waals surface area contributed by atoms with Crippen LogP contribution in [0.1, 0.15) is 32.8 Å². The van der Waals surface area contributed by atoms with Crippen molar-refractivity contribution in [2.24, 2.45) is 0 Å². The van der Waals surface area contributed by atoms with Gasteiger partial charge in [-0.05, 0) is 29.5 Å². The van der Waals surface area contributed by atoms with Gasteiger partial charge >= 0.3 is 0 Å². The largest absolute Gasteiger partial charge is 0.496 e. The average molecular weight is 259 g/mol. The van der Waals surface area contributed by atoms with E-state index in [1.807, 2.05) is 6.07 Å². The molecule has 4 nitrogen and oxygen atoms in total. The van der Waals surface area contributed by atoms with Gasteiger partial charge in [0.2, 0.25) is 0 Å². The van der Waals surface area contributed by atoms with Gasteiger partial charge in [0.25, 0.3) is 0 Å². The van der Waals surface area contributed by atoms with Crippen LogP contribution in [0.3, 0.4) is 0 Å². The molecule has 0 spiro atoms. The molecule has 19 heavy (non-hydrogen) atoms. The number of hydrogen-bond acceptors (Lipinski definition) is 3. The molecule has 2 rings (SSSR count). The van der Waals surface area contributed by atoms with Crippen LogP contribution in [0.25, 0.3) is 11.1 Å². The molecule has 0 fully saturated rings. The van der Waals surface area contributed by atoms with Crippen LogP contribution in [0.2, 0.25) is 0 Å². The molecule has 0 aliphatic heterocycles. The first-order chi connectivity index (χ1) is 8.99. The van der Waals surface area contributed by atoms with Crippen molar-refractivity contribution in [2.45, 2.75) is 32.6 Å². The van der Waals surface area contributed by atoms with Crippen molar-refractivity contribution in [3.63, 3.8) is 0 Å². The van der Waals surface area contributed by atoms with Gasteiger partial charge in [-0.1, -0.05) is 26.8 Å². The standard InChI is InChI=1S/C15H21N3O/c1-5-15(2,3)10-6-7-13(19-4)11(8-10)12-9-17-18-14(12)16/h6-9H,5H2,1-4H3,(H3,16,17,18). The van der Waals surface area contributed by atoms with Crippen molar-refractivity contribution in [1.29, 1.82) is 0 Å². The molecule has 0 aliphatic carbocycles. The first kappa shape index (κ1) is 13.5. The van der Waals surface area contributed by atoms with Gasteiger partial charge in [-0.15, -0.1) is 0 Å². The maximum Gasteiger partial charge on any atom is 0.126 e. The van der Waals surface area contributed by atoms with Crippen LogP contribution in [0.4, 0.5) is 5.82 Å². The van der Waals surface area contributed by atoms with Crippen LogP contribution in [0.15, 0.2) is 24.4 Å². The quantitative estimate of drug-likeness (QED) is 0.885. The lowest BCUT2D eigenvalue weighted by Gasteiger charge is -2.24. The zero-order valence-electron chi connectivity index (χ0n) is 11.9. The molecule has 0 amide bonds. The number of nitrogen functional groups attached to an aromatic ring is 1. The van der Waals surface area contributed by atoms with E-state index in [1.54, 1.807) is 13.3 Å². The van der Waals surface area contributed by atoms with Crippen LogP contribution in [-0.2, 0) is 5.41 Å². The number of nitrogens with one attached hydrogen (secondary N) is 1. The Kier molecular flexibility index (Phi) is 3.51. The maximum atomic E-state index is 5.91. The Balaban J connectivity index is 2.58. The number of hydrogen-bond donors (Lipinski definition) is 2. The number of nitrogens with zero attached hydrogens (tertiary/aromatic N) is 1. The molecule has 1 aromatic carbocycles. The third-order valence-corrected chi connectivity index (χ3v) is 3.82. The molecule has 0 aliphatic rings. The number of benzene rings is 1. The van der Waals surface area contributed by atoms with E-state index in [4.69, 9.17) is 10.5 Å². The van der Waals surface area contributed by atoms with Crippen LogP contribution < -0.4 is 10.5 Å². The normalized spacial score (nSPS) is 11.6. The molecule has 3 N–H and O–H groups in total. The molecule has 0 saturated heterocycles. The highest BCUT2D eigenvalue weighted by Gasteiger charge is 2.21. The van der Waals surface area contributed by atoms with Gasteiger partial charge in [0, 0.05) is 11.1 Å². The Morgan fingerprint density at radius 1 is 1.32 bits per heavy atom. The average Bonchev–Trinajstić information content (AvgIpc) is 2.84. The van der Waals surface area contributed by atoms with Gasteiger partial charge in [-0.25, -0.2) is 0 Å². The van der Waals surface area contributed by atoms with Gasteiger partial charge in [0.05, 0.1) is 13.3 Å². The lowest BCUT2D eigenvalue weighted by atomic mass is 9.81. The molecular weight excluding hydrogens is 238 g/mol. The lowest BCUT2D eigenvalue weighted by molar-refractivity contribution is 0.415. The number of ether oxygens (including phenoxy) is 1. The zero-order valence-corrected chi connectivity index (χ0v) is 11.9. The second-order valence-corrected chi connectivity index (χ2v) is 5.35. The first-order valence-electron chi connectivity index (χ1n) is 6.47. The molecule has 4 heteroatoms. The minimum atomic E-state index is 0.125. The lowest BCUT2D eigenvalue weighted by Crippen LogP contribution is -2.15. The Labute approximate surface area is 114 Å². The molecule has 0 radical (unpaired) electrons. The highest BCUT2D eigenvalue weighted by Crippen LogP contribution is 2.37. The van der Waals surface area contributed by atoms with E-state index in [0.717, 1.165) is 23.3 Å². The SMILES string of the molecule is CCC(C)(C)c1ccc(OC)c(-c2cn[nH]c2N)c1. The monoisotopic (exact) mass is 259 g/mol. The summed E-state index contributed by atoms with van der Waals surface area (Å²) in [6.45, 7) is 6.66. The predicted octanol–water partition coefficient (Wildman–Crippen LogP) is 3.36. The Hall–Kier alpha value is -1.97. The molecular formula is C15H21N3O. The highest BCUT2D eigenvalue weighted by atomic mass is 16.5. The molecule has 102 valence electrons. The van der Waals surface area contributed by atoms with Gasteiger partial charge < -0.3 is 10.5 Å². The molecule has 1 heterocycles. The minimum absolute atomic E-state index is 0.125. The number of aromatic nitrogens is 2. The smallest absolute Gasteiger partial charge is 0.126 e. The summed E-state index contributed by atoms with van der Waals surface area (Å²) in [7, 11) is 1.67. The van der Waals surface area contributed by atoms with Crippen molar-refractivity contribution in [3.8, 4) is 16.9 Å². The van der Waals surface area contributed by atoms with E-state index in [-0.39, 0.29) is 5.41 Å². The summed E-state index contributed by atoms with van der Waals surface area (Å²) in [6, 6.07) is 6.25. The predicted molar refractivity (Wildman–Crippen MR) is 78.3 cm³/mol. The van der Waals surface area contributed by atoms with Crippen molar-refractivity contribution < 1.29 is 4.74 Å². The summed E-state index contributed by atoms with van der Waals surface area (Å²) in [5.74, 6) is 1.37. The zero-order chi connectivity index (χ0) is 14.0. The summed E-state index contributed by atoms with van der Waals surface area (Å²) >= 11 is 0. The van der Waals surface area contributed by atoms with Gasteiger partial charge in [-0.2, -0.15) is 5.10 Å². The van der Waals surface area contributed by atoms with Crippen LogP contribution in [0, 0.1) is 0 Å². The van der Waals surface area contributed by atoms with E-state index in [9.17, 15) is 0 Å². The van der Waals surface area contributed by atoms with Crippen molar-refractivity contribution in [3.05, 3.63) is 30.0 Å². The molecule has 0 bridgehead atoms. The number of aromatic amines is 1. The van der Waals surface area contributed by atoms with Crippen LogP contribution in [-0.4, -0.2) is 17.3 Å². The fourth-order valence-electron chi connectivity index (χ4n) is 2.05. The summed E-state index contributed by atoms with van der Waals surface area (Å²) in [6.07, 6.45) is 2.80. The molecule has 0 unspecified atom stereocenters. The third kappa shape index (κ3) is 2.43. The van der Waals surface area contributed by atoms with Crippen LogP contribution >= 0.6 is 0 Å². The summed E-state index contributed by atoms with van der Waals surface area (Å²) in [4.78, 5) is 0. The summed E-state index contributed by atoms with van der Waals surface area (Å²) in [5.41, 5.74) is 9.17. The molecule has 0 atom stereocenters. The van der Waals surface area contributed by atoms with E-state index in [1.165, 1.54) is 5.56 Å². The van der Waals surface area contributed by atoms with Crippen molar-refractivity contribution >= 4 is 5.82 Å². The number of anilines is 1. The number of methoxy groups -OCH3 is 1. The van der Waals surface area contributed by atoms with E-state index < -0.39 is 0 Å². The minimum Gasteiger partial charge on any atom is -0.496 e. The maximum absolute atomic E-state index is 5.91. The number of H-pyrrole nitrogens is 1. The van der Waals surface area contributed by atoms with E-state index in [0.29, 0.717) is 5.82 Å². The highest BCUT2D eigenvalue weighted by molar-refractivity contribution is 5.78. The number of nitrogens with two attached hydrogens (primary N) is 1. The second kappa shape index (κ2) is 4.96. The van der Waals surface area contributed by atoms with Gasteiger partial charge in [0.15, 0.2) is 0 Å². The Morgan fingerprint density at radius 3 is 2.58 bits per heavy atom. The Morgan fingerprint density at radius 2 is 2.05 bits per heavy atom. The molecule has 2 aromatic rings. The summed E-state index contributed by atoms with van der Waals surface area (Å²) in [5, 5.41) is 6.74. The molecule has 1 aromatic heterocycles. The Bertz CT molecular complexity index is 573. The van der Waals surface area contributed by atoms with Crippen LogP contribution in [0.5, 0.6) is 5.75 Å². The van der Waals surface area contributed by atoms with Crippen molar-refractivity contribution in [1.82, 2.24) is 10.2 Å². The van der Waals surface area contributed by atoms with Gasteiger partial charge in [-0.3, -0.25) is 5.10 Å². The van der Waals surface area contributed by atoms with Crippen molar-refractivity contribution in [2.75, 3.05) is 12.8 Å². The second-order valence-electron chi connectivity index (χ2n) is 5.35. The third-order valence-electron chi connectivity index (χ3n) is 3.82. The van der Waals surface area contributed by atoms with E-state index in [2.05, 4.69) is 43.1 Å². The first-order valence-corrected chi connectivity index (χ1v) is 6.47. The fourth-order valence-corrected chi connectivity index (χ4v) is 2.05. The summed E-state index contributed by atoms with van der Waals surface area (Å²) < 4.78 is 5.43.